The summed E-state index contributed by atoms with van der Waals surface area (Å²) in [6.45, 7) is 2.15. The Kier molecular flexibility index (Phi) is 2.78. The Morgan fingerprint density at radius 2 is 2.16 bits per heavy atom. The zero-order chi connectivity index (χ0) is 12.9. The van der Waals surface area contributed by atoms with Gasteiger partial charge in [0.2, 0.25) is 0 Å². The predicted molar refractivity (Wildman–Crippen MR) is 76.8 cm³/mol. The Balaban J connectivity index is 1.29. The van der Waals surface area contributed by atoms with Gasteiger partial charge in [-0.3, -0.25) is 0 Å². The molecule has 19 heavy (non-hydrogen) atoms. The number of ether oxygens (including phenoxy) is 1. The summed E-state index contributed by atoms with van der Waals surface area (Å²) < 4.78 is 5.95. The Labute approximate surface area is 119 Å². The van der Waals surface area contributed by atoms with Gasteiger partial charge < -0.3 is 10.1 Å². The van der Waals surface area contributed by atoms with Gasteiger partial charge in [-0.2, -0.15) is 0 Å². The van der Waals surface area contributed by atoms with Crippen LogP contribution in [0.15, 0.2) is 18.2 Å². The fourth-order valence-electron chi connectivity index (χ4n) is 3.47. The third-order valence-corrected chi connectivity index (χ3v) is 5.18. The lowest BCUT2D eigenvalue weighted by molar-refractivity contribution is 0.221. The highest BCUT2D eigenvalue weighted by Crippen LogP contribution is 2.60. The molecule has 102 valence electrons. The smallest absolute Gasteiger partial charge is 0.123 e. The van der Waals surface area contributed by atoms with Crippen LogP contribution in [-0.4, -0.2) is 19.2 Å². The molecule has 4 rings (SSSR count). The van der Waals surface area contributed by atoms with E-state index in [4.69, 9.17) is 16.3 Å². The molecule has 0 amide bonds. The molecule has 1 atom stereocenters. The van der Waals surface area contributed by atoms with Crippen LogP contribution < -0.4 is 10.1 Å². The Morgan fingerprint density at radius 3 is 2.89 bits per heavy atom. The van der Waals surface area contributed by atoms with Gasteiger partial charge in [0, 0.05) is 24.5 Å². The van der Waals surface area contributed by atoms with E-state index < -0.39 is 0 Å². The molecule has 0 bridgehead atoms. The van der Waals surface area contributed by atoms with Gasteiger partial charge in [-0.15, -0.1) is 0 Å². The van der Waals surface area contributed by atoms with Crippen molar-refractivity contribution < 1.29 is 4.74 Å². The molecule has 0 radical (unpaired) electrons. The summed E-state index contributed by atoms with van der Waals surface area (Å²) in [7, 11) is 0. The van der Waals surface area contributed by atoms with E-state index in [0.29, 0.717) is 5.41 Å². The van der Waals surface area contributed by atoms with Crippen LogP contribution >= 0.6 is 11.6 Å². The topological polar surface area (TPSA) is 21.3 Å². The number of fused-ring (bicyclic) bond motifs is 1. The van der Waals surface area contributed by atoms with Crippen molar-refractivity contribution in [1.82, 2.24) is 5.32 Å². The molecule has 3 aliphatic rings. The summed E-state index contributed by atoms with van der Waals surface area (Å²) in [5.74, 6) is 2.04. The quantitative estimate of drug-likeness (QED) is 0.890. The molecule has 1 aliphatic heterocycles. The van der Waals surface area contributed by atoms with E-state index in [1.165, 1.54) is 37.8 Å². The number of hydrogen-bond donors (Lipinski definition) is 1. The standard InChI is InChI=1S/C16H20ClNO/c17-13-3-4-15-11(7-13)8-14(19-15)9-18-10-16(5-6-16)12-1-2-12/h3-4,7,12,14,18H,1-2,5-6,8-10H2. The Hall–Kier alpha value is -0.730. The fourth-order valence-corrected chi connectivity index (χ4v) is 3.67. The van der Waals surface area contributed by atoms with E-state index in [-0.39, 0.29) is 6.10 Å². The summed E-state index contributed by atoms with van der Waals surface area (Å²) >= 11 is 6.01. The first kappa shape index (κ1) is 12.0. The maximum atomic E-state index is 6.01. The van der Waals surface area contributed by atoms with Crippen LogP contribution in [0.2, 0.25) is 5.02 Å². The first-order chi connectivity index (χ1) is 9.25. The van der Waals surface area contributed by atoms with E-state index in [1.54, 1.807) is 0 Å². The van der Waals surface area contributed by atoms with Gasteiger partial charge in [0.25, 0.3) is 0 Å². The zero-order valence-corrected chi connectivity index (χ0v) is 11.9. The fraction of sp³-hybridized carbons (Fsp3) is 0.625. The lowest BCUT2D eigenvalue weighted by Crippen LogP contribution is -2.34. The van der Waals surface area contributed by atoms with Crippen LogP contribution in [0.3, 0.4) is 0 Å². The van der Waals surface area contributed by atoms with E-state index in [9.17, 15) is 0 Å². The third-order valence-electron chi connectivity index (χ3n) is 4.95. The molecule has 2 aliphatic carbocycles. The lowest BCUT2D eigenvalue weighted by Gasteiger charge is -2.17. The number of benzene rings is 1. The minimum atomic E-state index is 0.281. The third kappa shape index (κ3) is 2.36. The minimum absolute atomic E-state index is 0.281. The van der Waals surface area contributed by atoms with E-state index in [2.05, 4.69) is 5.32 Å². The number of hydrogen-bond acceptors (Lipinski definition) is 2. The second-order valence-electron chi connectivity index (χ2n) is 6.46. The van der Waals surface area contributed by atoms with Crippen LogP contribution in [0.1, 0.15) is 31.2 Å². The second-order valence-corrected chi connectivity index (χ2v) is 6.90. The normalized spacial score (nSPS) is 26.9. The van der Waals surface area contributed by atoms with Crippen molar-refractivity contribution in [2.45, 2.75) is 38.2 Å². The van der Waals surface area contributed by atoms with Gasteiger partial charge in [0.05, 0.1) is 0 Å². The molecule has 1 unspecified atom stereocenters. The summed E-state index contributed by atoms with van der Waals surface area (Å²) in [6.07, 6.45) is 7.07. The van der Waals surface area contributed by atoms with Gasteiger partial charge in [0.1, 0.15) is 11.9 Å². The molecule has 1 N–H and O–H groups in total. The molecule has 3 heteroatoms. The van der Waals surface area contributed by atoms with Crippen molar-refractivity contribution in [3.63, 3.8) is 0 Å². The molecule has 2 fully saturated rings. The Bertz CT molecular complexity index is 494. The highest BCUT2D eigenvalue weighted by Gasteiger charge is 2.53. The minimum Gasteiger partial charge on any atom is -0.488 e. The highest BCUT2D eigenvalue weighted by atomic mass is 35.5. The molecular weight excluding hydrogens is 258 g/mol. The summed E-state index contributed by atoms with van der Waals surface area (Å²) in [6, 6.07) is 5.93. The van der Waals surface area contributed by atoms with Crippen molar-refractivity contribution in [2.75, 3.05) is 13.1 Å². The maximum absolute atomic E-state index is 6.01. The number of rotatable bonds is 5. The molecule has 2 saturated carbocycles. The molecule has 1 heterocycles. The van der Waals surface area contributed by atoms with Crippen molar-refractivity contribution in [2.24, 2.45) is 11.3 Å². The Morgan fingerprint density at radius 1 is 1.32 bits per heavy atom. The maximum Gasteiger partial charge on any atom is 0.123 e. The van der Waals surface area contributed by atoms with E-state index >= 15 is 0 Å². The number of halogens is 1. The van der Waals surface area contributed by atoms with Crippen molar-refractivity contribution in [3.8, 4) is 5.75 Å². The van der Waals surface area contributed by atoms with Crippen LogP contribution in [0.4, 0.5) is 0 Å². The van der Waals surface area contributed by atoms with Crippen molar-refractivity contribution >= 4 is 11.6 Å². The van der Waals surface area contributed by atoms with Crippen LogP contribution in [0, 0.1) is 11.3 Å². The van der Waals surface area contributed by atoms with Gasteiger partial charge >= 0.3 is 0 Å². The lowest BCUT2D eigenvalue weighted by atomic mass is 10.0. The summed E-state index contributed by atoms with van der Waals surface area (Å²) in [4.78, 5) is 0. The molecule has 0 spiro atoms. The van der Waals surface area contributed by atoms with Crippen molar-refractivity contribution in [1.29, 1.82) is 0 Å². The molecule has 2 nitrogen and oxygen atoms in total. The first-order valence-electron chi connectivity index (χ1n) is 7.41. The average molecular weight is 278 g/mol. The summed E-state index contributed by atoms with van der Waals surface area (Å²) in [5, 5.41) is 4.45. The van der Waals surface area contributed by atoms with Crippen LogP contribution in [-0.2, 0) is 6.42 Å². The molecule has 1 aromatic rings. The van der Waals surface area contributed by atoms with Gasteiger partial charge in [-0.1, -0.05) is 11.6 Å². The SMILES string of the molecule is Clc1ccc2c(c1)CC(CNCC1(C3CC3)CC1)O2. The number of nitrogens with one attached hydrogen (secondary N) is 1. The van der Waals surface area contributed by atoms with Crippen molar-refractivity contribution in [3.05, 3.63) is 28.8 Å². The average Bonchev–Trinajstić information content (AvgIpc) is 3.26. The van der Waals surface area contributed by atoms with Crippen LogP contribution in [0.5, 0.6) is 5.75 Å². The monoisotopic (exact) mass is 277 g/mol. The first-order valence-corrected chi connectivity index (χ1v) is 7.79. The van der Waals surface area contributed by atoms with Crippen LogP contribution in [0.25, 0.3) is 0 Å². The van der Waals surface area contributed by atoms with Gasteiger partial charge in [0.15, 0.2) is 0 Å². The zero-order valence-electron chi connectivity index (χ0n) is 11.1. The van der Waals surface area contributed by atoms with E-state index in [1.807, 2.05) is 18.2 Å². The largest absolute Gasteiger partial charge is 0.488 e. The van der Waals surface area contributed by atoms with Gasteiger partial charge in [-0.25, -0.2) is 0 Å². The van der Waals surface area contributed by atoms with E-state index in [0.717, 1.165) is 29.7 Å². The molecule has 1 aromatic carbocycles. The molecular formula is C16H20ClNO. The molecule has 0 saturated heterocycles. The predicted octanol–water partition coefficient (Wildman–Crippen LogP) is 3.42. The highest BCUT2D eigenvalue weighted by molar-refractivity contribution is 6.30. The van der Waals surface area contributed by atoms with Gasteiger partial charge in [-0.05, 0) is 60.8 Å². The molecule has 0 aromatic heterocycles. The summed E-state index contributed by atoms with van der Waals surface area (Å²) in [5.41, 5.74) is 1.93. The second kappa shape index (κ2) is 4.39.